The van der Waals surface area contributed by atoms with Crippen molar-refractivity contribution in [2.45, 2.75) is 0 Å². The molecule has 0 atom stereocenters. The lowest BCUT2D eigenvalue weighted by molar-refractivity contribution is 1.13. The maximum absolute atomic E-state index is 5.56. The Morgan fingerprint density at radius 1 is 1.12 bits per heavy atom. The summed E-state index contributed by atoms with van der Waals surface area (Å²) in [6, 6.07) is 8.03. The van der Waals surface area contributed by atoms with Gasteiger partial charge in [-0.2, -0.15) is 0 Å². The number of nitrogens with two attached hydrogens (primary N) is 1. The second-order valence-electron chi connectivity index (χ2n) is 3.90. The van der Waals surface area contributed by atoms with Crippen molar-refractivity contribution < 1.29 is 0 Å². The predicted octanol–water partition coefficient (Wildman–Crippen LogP) is 1.87. The molecule has 0 unspecified atom stereocenters. The molecule has 2 rings (SSSR count). The van der Waals surface area contributed by atoms with E-state index in [1.165, 1.54) is 6.20 Å². The normalized spacial score (nSPS) is 10.0. The molecule has 0 saturated heterocycles. The molecule has 5 heteroatoms. The summed E-state index contributed by atoms with van der Waals surface area (Å²) in [6.07, 6.45) is 3.15. The van der Waals surface area contributed by atoms with Gasteiger partial charge in [0.1, 0.15) is 5.82 Å². The summed E-state index contributed by atoms with van der Waals surface area (Å²) in [5.41, 5.74) is 7.66. The van der Waals surface area contributed by atoms with Crippen molar-refractivity contribution in [2.24, 2.45) is 0 Å². The molecule has 3 N–H and O–H groups in total. The average molecular weight is 229 g/mol. The first-order valence-corrected chi connectivity index (χ1v) is 5.27. The highest BCUT2D eigenvalue weighted by Crippen LogP contribution is 2.18. The van der Waals surface area contributed by atoms with Crippen LogP contribution < -0.4 is 16.0 Å². The van der Waals surface area contributed by atoms with Gasteiger partial charge in [-0.1, -0.05) is 0 Å². The molecule has 2 aromatic rings. The number of rotatable bonds is 3. The highest BCUT2D eigenvalue weighted by molar-refractivity contribution is 5.60. The van der Waals surface area contributed by atoms with E-state index in [9.17, 15) is 0 Å². The van der Waals surface area contributed by atoms with Crippen LogP contribution in [0.5, 0.6) is 0 Å². The second-order valence-corrected chi connectivity index (χ2v) is 3.90. The van der Waals surface area contributed by atoms with Crippen LogP contribution in [0, 0.1) is 0 Å². The van der Waals surface area contributed by atoms with E-state index < -0.39 is 0 Å². The van der Waals surface area contributed by atoms with Crippen LogP contribution in [0.15, 0.2) is 36.7 Å². The third-order valence-electron chi connectivity index (χ3n) is 2.31. The van der Waals surface area contributed by atoms with E-state index in [0.29, 0.717) is 11.6 Å². The van der Waals surface area contributed by atoms with E-state index in [1.54, 1.807) is 6.20 Å². The Hall–Kier alpha value is -2.30. The summed E-state index contributed by atoms with van der Waals surface area (Å²) >= 11 is 0. The van der Waals surface area contributed by atoms with E-state index in [2.05, 4.69) is 15.3 Å². The Kier molecular flexibility index (Phi) is 3.09. The van der Waals surface area contributed by atoms with E-state index in [4.69, 9.17) is 5.73 Å². The van der Waals surface area contributed by atoms with E-state index in [-0.39, 0.29) is 0 Å². The van der Waals surface area contributed by atoms with Crippen molar-refractivity contribution in [2.75, 3.05) is 30.0 Å². The Labute approximate surface area is 100 Å². The summed E-state index contributed by atoms with van der Waals surface area (Å²) in [6.45, 7) is 0. The van der Waals surface area contributed by atoms with Crippen molar-refractivity contribution in [3.8, 4) is 0 Å². The second kappa shape index (κ2) is 4.69. The largest absolute Gasteiger partial charge is 0.382 e. The molecule has 1 heterocycles. The van der Waals surface area contributed by atoms with Crippen LogP contribution in [-0.4, -0.2) is 24.1 Å². The third kappa shape index (κ3) is 2.84. The molecule has 17 heavy (non-hydrogen) atoms. The van der Waals surface area contributed by atoms with Gasteiger partial charge in [0.2, 0.25) is 0 Å². The Balaban J connectivity index is 2.14. The number of nitrogen functional groups attached to an aromatic ring is 1. The lowest BCUT2D eigenvalue weighted by atomic mass is 10.2. The van der Waals surface area contributed by atoms with Crippen molar-refractivity contribution in [3.63, 3.8) is 0 Å². The van der Waals surface area contributed by atoms with Gasteiger partial charge < -0.3 is 16.0 Å². The molecule has 88 valence electrons. The van der Waals surface area contributed by atoms with Gasteiger partial charge in [-0.15, -0.1) is 0 Å². The van der Waals surface area contributed by atoms with Crippen LogP contribution in [0.3, 0.4) is 0 Å². The minimum atomic E-state index is 0.403. The first kappa shape index (κ1) is 11.2. The molecule has 0 saturated carbocycles. The van der Waals surface area contributed by atoms with Gasteiger partial charge in [-0.05, 0) is 24.3 Å². The SMILES string of the molecule is CN(C)c1ccc(Nc2cncc(N)n2)cc1. The molecule has 0 aliphatic heterocycles. The van der Waals surface area contributed by atoms with Gasteiger partial charge >= 0.3 is 0 Å². The van der Waals surface area contributed by atoms with E-state index in [1.807, 2.05) is 43.3 Å². The lowest BCUT2D eigenvalue weighted by Gasteiger charge is -2.13. The van der Waals surface area contributed by atoms with Gasteiger partial charge in [0.25, 0.3) is 0 Å². The first-order valence-electron chi connectivity index (χ1n) is 5.27. The van der Waals surface area contributed by atoms with Crippen molar-refractivity contribution in [1.82, 2.24) is 9.97 Å². The number of anilines is 4. The molecule has 0 aliphatic carbocycles. The summed E-state index contributed by atoms with van der Waals surface area (Å²) in [5, 5.41) is 3.14. The van der Waals surface area contributed by atoms with Crippen LogP contribution in [0.25, 0.3) is 0 Å². The third-order valence-corrected chi connectivity index (χ3v) is 2.31. The van der Waals surface area contributed by atoms with Crippen molar-refractivity contribution in [1.29, 1.82) is 0 Å². The van der Waals surface area contributed by atoms with Gasteiger partial charge in [-0.25, -0.2) is 4.98 Å². The van der Waals surface area contributed by atoms with Crippen LogP contribution in [0.1, 0.15) is 0 Å². The number of aromatic nitrogens is 2. The van der Waals surface area contributed by atoms with E-state index in [0.717, 1.165) is 11.4 Å². The number of hydrogen-bond donors (Lipinski definition) is 2. The van der Waals surface area contributed by atoms with Crippen LogP contribution in [0.4, 0.5) is 23.0 Å². The quantitative estimate of drug-likeness (QED) is 0.841. The molecular weight excluding hydrogens is 214 g/mol. The maximum atomic E-state index is 5.56. The highest BCUT2D eigenvalue weighted by Gasteiger charge is 1.98. The monoisotopic (exact) mass is 229 g/mol. The van der Waals surface area contributed by atoms with Crippen LogP contribution in [-0.2, 0) is 0 Å². The molecule has 0 fully saturated rings. The number of benzene rings is 1. The molecule has 1 aromatic heterocycles. The zero-order chi connectivity index (χ0) is 12.3. The zero-order valence-electron chi connectivity index (χ0n) is 9.88. The Morgan fingerprint density at radius 2 is 1.82 bits per heavy atom. The minimum absolute atomic E-state index is 0.403. The number of nitrogens with one attached hydrogen (secondary N) is 1. The predicted molar refractivity (Wildman–Crippen MR) is 70.5 cm³/mol. The van der Waals surface area contributed by atoms with Gasteiger partial charge in [0.05, 0.1) is 12.4 Å². The Morgan fingerprint density at radius 3 is 2.41 bits per heavy atom. The van der Waals surface area contributed by atoms with Crippen molar-refractivity contribution in [3.05, 3.63) is 36.7 Å². The number of hydrogen-bond acceptors (Lipinski definition) is 5. The summed E-state index contributed by atoms with van der Waals surface area (Å²) in [4.78, 5) is 10.1. The fraction of sp³-hybridized carbons (Fsp3) is 0.167. The smallest absolute Gasteiger partial charge is 0.151 e. The average Bonchev–Trinajstić information content (AvgIpc) is 2.29. The molecule has 0 bridgehead atoms. The zero-order valence-corrected chi connectivity index (χ0v) is 9.88. The molecule has 0 spiro atoms. The van der Waals surface area contributed by atoms with Gasteiger partial charge in [0.15, 0.2) is 5.82 Å². The molecule has 0 aliphatic rings. The molecule has 5 nitrogen and oxygen atoms in total. The fourth-order valence-electron chi connectivity index (χ4n) is 1.43. The summed E-state index contributed by atoms with van der Waals surface area (Å²) < 4.78 is 0. The summed E-state index contributed by atoms with van der Waals surface area (Å²) in [5.74, 6) is 1.04. The van der Waals surface area contributed by atoms with Crippen LogP contribution >= 0.6 is 0 Å². The van der Waals surface area contributed by atoms with Crippen molar-refractivity contribution >= 4 is 23.0 Å². The standard InChI is InChI=1S/C12H15N5/c1-17(2)10-5-3-9(4-6-10)15-12-8-14-7-11(13)16-12/h3-8H,1-2H3,(H3,13,15,16). The minimum Gasteiger partial charge on any atom is -0.382 e. The van der Waals surface area contributed by atoms with Gasteiger partial charge in [0, 0.05) is 25.5 Å². The van der Waals surface area contributed by atoms with Gasteiger partial charge in [-0.3, -0.25) is 4.98 Å². The Bertz CT molecular complexity index is 493. The molecule has 1 aromatic carbocycles. The lowest BCUT2D eigenvalue weighted by Crippen LogP contribution is -2.08. The fourth-order valence-corrected chi connectivity index (χ4v) is 1.43. The van der Waals surface area contributed by atoms with Crippen LogP contribution in [0.2, 0.25) is 0 Å². The number of nitrogens with zero attached hydrogens (tertiary/aromatic N) is 3. The molecular formula is C12H15N5. The summed E-state index contributed by atoms with van der Waals surface area (Å²) in [7, 11) is 4.01. The highest BCUT2D eigenvalue weighted by atomic mass is 15.1. The molecule has 0 radical (unpaired) electrons. The topological polar surface area (TPSA) is 67.1 Å². The molecule has 0 amide bonds. The van der Waals surface area contributed by atoms with E-state index >= 15 is 0 Å². The first-order chi connectivity index (χ1) is 8.15. The maximum Gasteiger partial charge on any atom is 0.151 e.